The molecule has 2 aromatic carbocycles. The Balaban J connectivity index is 1.49. The Bertz CT molecular complexity index is 1050. The van der Waals surface area contributed by atoms with Gasteiger partial charge in [0.15, 0.2) is 5.13 Å². The quantitative estimate of drug-likeness (QED) is 0.595. The first-order chi connectivity index (χ1) is 14.0. The van der Waals surface area contributed by atoms with Gasteiger partial charge in [0.1, 0.15) is 5.82 Å². The molecule has 3 aromatic rings. The van der Waals surface area contributed by atoms with E-state index in [1.807, 2.05) is 0 Å². The number of benzene rings is 2. The van der Waals surface area contributed by atoms with E-state index in [9.17, 15) is 14.0 Å². The zero-order valence-electron chi connectivity index (χ0n) is 15.2. The summed E-state index contributed by atoms with van der Waals surface area (Å²) >= 11 is 7.25. The van der Waals surface area contributed by atoms with Gasteiger partial charge < -0.3 is 5.32 Å². The lowest BCUT2D eigenvalue weighted by Crippen LogP contribution is -2.24. The third kappa shape index (κ3) is 4.46. The highest BCUT2D eigenvalue weighted by molar-refractivity contribution is 7.16. The van der Waals surface area contributed by atoms with Crippen molar-refractivity contribution in [2.24, 2.45) is 0 Å². The van der Waals surface area contributed by atoms with E-state index < -0.39 is 5.92 Å². The minimum atomic E-state index is -0.402. The molecule has 0 bridgehead atoms. The summed E-state index contributed by atoms with van der Waals surface area (Å²) in [5.41, 5.74) is 1.72. The average molecular weight is 430 g/mol. The number of carbonyl (C=O) groups is 2. The van der Waals surface area contributed by atoms with Crippen LogP contribution in [0.25, 0.3) is 0 Å². The van der Waals surface area contributed by atoms with Gasteiger partial charge in [0.05, 0.1) is 11.6 Å². The molecule has 2 amide bonds. The molecule has 0 spiro atoms. The Kier molecular flexibility index (Phi) is 5.60. The van der Waals surface area contributed by atoms with Crippen molar-refractivity contribution >= 4 is 45.6 Å². The van der Waals surface area contributed by atoms with Crippen molar-refractivity contribution in [1.29, 1.82) is 0 Å². The second-order valence-corrected chi connectivity index (χ2v) is 8.25. The Morgan fingerprint density at radius 1 is 1.07 bits per heavy atom. The van der Waals surface area contributed by atoms with Crippen molar-refractivity contribution in [2.75, 3.05) is 10.6 Å². The van der Waals surface area contributed by atoms with Crippen molar-refractivity contribution in [1.82, 2.24) is 4.98 Å². The molecular weight excluding hydrogens is 413 g/mol. The summed E-state index contributed by atoms with van der Waals surface area (Å²) in [6, 6.07) is 12.2. The maximum Gasteiger partial charge on any atom is 0.257 e. The number of hydrogen-bond donors (Lipinski definition) is 2. The summed E-state index contributed by atoms with van der Waals surface area (Å²) in [6.07, 6.45) is 2.36. The van der Waals surface area contributed by atoms with Crippen molar-refractivity contribution in [3.8, 4) is 0 Å². The van der Waals surface area contributed by atoms with Crippen LogP contribution in [0.3, 0.4) is 0 Å². The fourth-order valence-corrected chi connectivity index (χ4v) is 4.45. The van der Waals surface area contributed by atoms with E-state index in [1.54, 1.807) is 24.3 Å². The molecule has 1 aliphatic rings. The zero-order chi connectivity index (χ0) is 20.4. The van der Waals surface area contributed by atoms with Gasteiger partial charge in [-0.3, -0.25) is 14.9 Å². The lowest BCUT2D eigenvalue weighted by atomic mass is 9.90. The summed E-state index contributed by atoms with van der Waals surface area (Å²) in [7, 11) is 0. The molecule has 1 aromatic heterocycles. The molecule has 29 heavy (non-hydrogen) atoms. The second kappa shape index (κ2) is 8.31. The molecule has 0 saturated heterocycles. The largest absolute Gasteiger partial charge is 0.326 e. The summed E-state index contributed by atoms with van der Waals surface area (Å²) < 4.78 is 13.1. The number of hydrogen-bond acceptors (Lipinski definition) is 4. The summed E-state index contributed by atoms with van der Waals surface area (Å²) in [6.45, 7) is 0. The highest BCUT2D eigenvalue weighted by Crippen LogP contribution is 2.37. The fourth-order valence-electron chi connectivity index (χ4n) is 3.26. The van der Waals surface area contributed by atoms with Crippen LogP contribution >= 0.6 is 22.9 Å². The lowest BCUT2D eigenvalue weighted by molar-refractivity contribution is -0.117. The summed E-state index contributed by atoms with van der Waals surface area (Å²) in [4.78, 5) is 30.7. The molecule has 0 fully saturated rings. The first kappa shape index (κ1) is 19.5. The number of rotatable bonds is 4. The molecule has 1 atom stereocenters. The molecule has 0 aliphatic heterocycles. The standard InChI is InChI=1S/C21H17ClFN3O2S/c22-13-6-4-12(5-7-13)19(27)26-21-25-18-16(2-1-3-17(18)29-21)20(28)24-15-10-8-14(23)9-11-15/h4-11,16H,1-3H2,(H,24,28)(H,25,26,27). The van der Waals surface area contributed by atoms with Crippen LogP contribution in [0.5, 0.6) is 0 Å². The molecule has 0 radical (unpaired) electrons. The Morgan fingerprint density at radius 2 is 1.79 bits per heavy atom. The summed E-state index contributed by atoms with van der Waals surface area (Å²) in [5, 5.41) is 6.65. The molecule has 0 saturated carbocycles. The van der Waals surface area contributed by atoms with E-state index in [1.165, 1.54) is 35.6 Å². The maximum absolute atomic E-state index is 13.1. The van der Waals surface area contributed by atoms with Gasteiger partial charge in [-0.2, -0.15) is 0 Å². The van der Waals surface area contributed by atoms with Gasteiger partial charge in [-0.15, -0.1) is 11.3 Å². The van der Waals surface area contributed by atoms with Crippen LogP contribution in [0.2, 0.25) is 5.02 Å². The molecule has 148 valence electrons. The van der Waals surface area contributed by atoms with Crippen molar-refractivity contribution in [2.45, 2.75) is 25.2 Å². The number of amides is 2. The first-order valence-electron chi connectivity index (χ1n) is 9.12. The van der Waals surface area contributed by atoms with Crippen LogP contribution < -0.4 is 10.6 Å². The maximum atomic E-state index is 13.1. The molecule has 2 N–H and O–H groups in total. The Labute approximate surface area is 175 Å². The minimum absolute atomic E-state index is 0.182. The predicted molar refractivity (Wildman–Crippen MR) is 112 cm³/mol. The third-order valence-electron chi connectivity index (χ3n) is 4.71. The van der Waals surface area contributed by atoms with Gasteiger partial charge in [0, 0.05) is 21.2 Å². The zero-order valence-corrected chi connectivity index (χ0v) is 16.8. The SMILES string of the molecule is O=C(Nc1nc2c(s1)CCCC2C(=O)Nc1ccc(F)cc1)c1ccc(Cl)cc1. The smallest absolute Gasteiger partial charge is 0.257 e. The molecule has 1 heterocycles. The van der Waals surface area contributed by atoms with E-state index in [0.717, 1.165) is 17.7 Å². The van der Waals surface area contributed by atoms with E-state index in [-0.39, 0.29) is 17.6 Å². The van der Waals surface area contributed by atoms with Crippen LogP contribution in [-0.2, 0) is 11.2 Å². The van der Waals surface area contributed by atoms with Gasteiger partial charge in [-0.1, -0.05) is 11.6 Å². The number of carbonyl (C=O) groups excluding carboxylic acids is 2. The van der Waals surface area contributed by atoms with Gasteiger partial charge >= 0.3 is 0 Å². The predicted octanol–water partition coefficient (Wildman–Crippen LogP) is 5.25. The minimum Gasteiger partial charge on any atom is -0.326 e. The van der Waals surface area contributed by atoms with E-state index in [0.29, 0.717) is 33.5 Å². The van der Waals surface area contributed by atoms with Gasteiger partial charge in [0.2, 0.25) is 5.91 Å². The number of aromatic nitrogens is 1. The number of nitrogens with zero attached hydrogens (tertiary/aromatic N) is 1. The van der Waals surface area contributed by atoms with E-state index in [2.05, 4.69) is 15.6 Å². The molecule has 1 aliphatic carbocycles. The van der Waals surface area contributed by atoms with Gasteiger partial charge in [-0.05, 0) is 67.8 Å². The van der Waals surface area contributed by atoms with Crippen molar-refractivity contribution in [3.05, 3.63) is 75.5 Å². The van der Waals surface area contributed by atoms with Gasteiger partial charge in [0.25, 0.3) is 5.91 Å². The van der Waals surface area contributed by atoms with Crippen LogP contribution in [-0.4, -0.2) is 16.8 Å². The van der Waals surface area contributed by atoms with Crippen LogP contribution in [0, 0.1) is 5.82 Å². The van der Waals surface area contributed by atoms with Crippen molar-refractivity contribution in [3.63, 3.8) is 0 Å². The first-order valence-corrected chi connectivity index (χ1v) is 10.3. The highest BCUT2D eigenvalue weighted by atomic mass is 35.5. The van der Waals surface area contributed by atoms with E-state index in [4.69, 9.17) is 11.6 Å². The average Bonchev–Trinajstić information content (AvgIpc) is 3.12. The lowest BCUT2D eigenvalue weighted by Gasteiger charge is -2.20. The number of aryl methyl sites for hydroxylation is 1. The second-order valence-electron chi connectivity index (χ2n) is 6.73. The summed E-state index contributed by atoms with van der Waals surface area (Å²) in [5.74, 6) is -1.22. The topological polar surface area (TPSA) is 71.1 Å². The van der Waals surface area contributed by atoms with Crippen LogP contribution in [0.15, 0.2) is 48.5 Å². The third-order valence-corrected chi connectivity index (χ3v) is 6.01. The molecule has 4 rings (SSSR count). The Hall–Kier alpha value is -2.77. The molecule has 8 heteroatoms. The van der Waals surface area contributed by atoms with Crippen molar-refractivity contribution < 1.29 is 14.0 Å². The highest BCUT2D eigenvalue weighted by Gasteiger charge is 2.30. The number of anilines is 2. The normalized spacial score (nSPS) is 15.4. The molecule has 1 unspecified atom stereocenters. The number of fused-ring (bicyclic) bond motifs is 1. The number of nitrogens with one attached hydrogen (secondary N) is 2. The van der Waals surface area contributed by atoms with Crippen LogP contribution in [0.1, 0.15) is 39.7 Å². The fraction of sp³-hybridized carbons (Fsp3) is 0.190. The monoisotopic (exact) mass is 429 g/mol. The number of halogens is 2. The molecule has 5 nitrogen and oxygen atoms in total. The Morgan fingerprint density at radius 3 is 2.52 bits per heavy atom. The molecular formula is C21H17ClFN3O2S. The van der Waals surface area contributed by atoms with Crippen LogP contribution in [0.4, 0.5) is 15.2 Å². The van der Waals surface area contributed by atoms with Gasteiger partial charge in [-0.25, -0.2) is 9.37 Å². The van der Waals surface area contributed by atoms with E-state index >= 15 is 0 Å². The number of thiazole rings is 1.